The summed E-state index contributed by atoms with van der Waals surface area (Å²) < 4.78 is 19.2. The highest BCUT2D eigenvalue weighted by Gasteiger charge is 2.24. The molecule has 2 amide bonds. The number of hydrogen-bond acceptors (Lipinski definition) is 4. The zero-order valence-corrected chi connectivity index (χ0v) is 23.0. The first-order valence-corrected chi connectivity index (χ1v) is 13.1. The van der Waals surface area contributed by atoms with Gasteiger partial charge in [0.15, 0.2) is 5.43 Å². The predicted octanol–water partition coefficient (Wildman–Crippen LogP) is 6.09. The number of halogens is 1. The molecule has 1 aromatic heterocycles. The van der Waals surface area contributed by atoms with Gasteiger partial charge < -0.3 is 14.2 Å². The Kier molecular flexibility index (Phi) is 8.63. The monoisotopic (exact) mass is 540 g/mol. The van der Waals surface area contributed by atoms with Crippen LogP contribution in [0.3, 0.4) is 0 Å². The molecule has 0 radical (unpaired) electrons. The van der Waals surface area contributed by atoms with Crippen LogP contribution in [0.1, 0.15) is 47.8 Å². The summed E-state index contributed by atoms with van der Waals surface area (Å²) in [6.45, 7) is 10.0. The number of benzene rings is 3. The summed E-state index contributed by atoms with van der Waals surface area (Å²) in [5.74, 6) is -1.07. The third-order valence-electron chi connectivity index (χ3n) is 6.71. The SMILES string of the molecule is C=CCN(CC(=O)N(Cc1ccc(F)cc1)Cc1coc2ccccc2c1=O)C(=O)c1ccc(C(C)(C)C)cc1. The van der Waals surface area contributed by atoms with Gasteiger partial charge in [-0.15, -0.1) is 6.58 Å². The Morgan fingerprint density at radius 3 is 2.25 bits per heavy atom. The van der Waals surface area contributed by atoms with Crippen molar-refractivity contribution in [1.82, 2.24) is 9.80 Å². The first-order valence-electron chi connectivity index (χ1n) is 13.1. The van der Waals surface area contributed by atoms with Crippen LogP contribution in [0.5, 0.6) is 0 Å². The van der Waals surface area contributed by atoms with Crippen LogP contribution in [-0.4, -0.2) is 34.7 Å². The van der Waals surface area contributed by atoms with E-state index < -0.39 is 5.82 Å². The van der Waals surface area contributed by atoms with Gasteiger partial charge in [-0.3, -0.25) is 14.4 Å². The van der Waals surface area contributed by atoms with Gasteiger partial charge in [0.2, 0.25) is 5.91 Å². The fourth-order valence-electron chi connectivity index (χ4n) is 4.41. The van der Waals surface area contributed by atoms with Crippen molar-refractivity contribution in [2.75, 3.05) is 13.1 Å². The standard InChI is InChI=1S/C33H33FN2O4/c1-5-18-35(32(39)24-12-14-26(15-13-24)33(2,3)4)21-30(37)36(19-23-10-16-27(34)17-11-23)20-25-22-40-29-9-7-6-8-28(29)31(25)38/h5-17,22H,1,18-21H2,2-4H3. The van der Waals surface area contributed by atoms with E-state index in [9.17, 15) is 18.8 Å². The summed E-state index contributed by atoms with van der Waals surface area (Å²) in [4.78, 5) is 43.2. The molecule has 0 unspecified atom stereocenters. The van der Waals surface area contributed by atoms with Gasteiger partial charge in [0.05, 0.1) is 23.8 Å². The smallest absolute Gasteiger partial charge is 0.254 e. The van der Waals surface area contributed by atoms with E-state index in [1.54, 1.807) is 54.6 Å². The number of fused-ring (bicyclic) bond motifs is 1. The highest BCUT2D eigenvalue weighted by Crippen LogP contribution is 2.23. The van der Waals surface area contributed by atoms with Crippen molar-refractivity contribution in [2.45, 2.75) is 39.3 Å². The lowest BCUT2D eigenvalue weighted by molar-refractivity contribution is -0.133. The lowest BCUT2D eigenvalue weighted by Gasteiger charge is -2.27. The summed E-state index contributed by atoms with van der Waals surface area (Å²) in [5.41, 5.74) is 2.68. The maximum Gasteiger partial charge on any atom is 0.254 e. The van der Waals surface area contributed by atoms with E-state index in [1.165, 1.54) is 28.2 Å². The molecule has 0 aliphatic carbocycles. The van der Waals surface area contributed by atoms with Crippen LogP contribution in [0.2, 0.25) is 0 Å². The Morgan fingerprint density at radius 1 is 0.925 bits per heavy atom. The van der Waals surface area contributed by atoms with Crippen LogP contribution in [0, 0.1) is 5.82 Å². The summed E-state index contributed by atoms with van der Waals surface area (Å²) >= 11 is 0. The van der Waals surface area contributed by atoms with Crippen molar-refractivity contribution in [1.29, 1.82) is 0 Å². The van der Waals surface area contributed by atoms with Gasteiger partial charge in [0.25, 0.3) is 5.91 Å². The fourth-order valence-corrected chi connectivity index (χ4v) is 4.41. The van der Waals surface area contributed by atoms with E-state index in [0.29, 0.717) is 27.7 Å². The number of rotatable bonds is 9. The van der Waals surface area contributed by atoms with Crippen LogP contribution in [0.4, 0.5) is 4.39 Å². The van der Waals surface area contributed by atoms with Gasteiger partial charge >= 0.3 is 0 Å². The van der Waals surface area contributed by atoms with E-state index in [1.807, 2.05) is 12.1 Å². The minimum atomic E-state index is -0.392. The van der Waals surface area contributed by atoms with Gasteiger partial charge in [-0.1, -0.05) is 63.2 Å². The number of amides is 2. The number of carbonyl (C=O) groups is 2. The number of hydrogen-bond donors (Lipinski definition) is 0. The molecule has 3 aromatic carbocycles. The Hall–Kier alpha value is -4.52. The number of carbonyl (C=O) groups excluding carboxylic acids is 2. The molecule has 0 aliphatic rings. The molecule has 206 valence electrons. The average molecular weight is 541 g/mol. The average Bonchev–Trinajstić information content (AvgIpc) is 2.94. The van der Waals surface area contributed by atoms with Gasteiger partial charge in [-0.05, 0) is 52.9 Å². The second-order valence-corrected chi connectivity index (χ2v) is 10.8. The van der Waals surface area contributed by atoms with Crippen LogP contribution in [0.15, 0.2) is 101 Å². The van der Waals surface area contributed by atoms with Gasteiger partial charge in [-0.2, -0.15) is 0 Å². The Morgan fingerprint density at radius 2 is 1.60 bits per heavy atom. The molecule has 40 heavy (non-hydrogen) atoms. The Balaban J connectivity index is 1.61. The Labute approximate surface area is 233 Å². The highest BCUT2D eigenvalue weighted by molar-refractivity contribution is 5.96. The fraction of sp³-hybridized carbons (Fsp3) is 0.242. The lowest BCUT2D eigenvalue weighted by atomic mass is 9.86. The molecule has 0 saturated heterocycles. The molecule has 0 aliphatic heterocycles. The maximum atomic E-state index is 13.7. The van der Waals surface area contributed by atoms with Crippen LogP contribution < -0.4 is 5.43 Å². The van der Waals surface area contributed by atoms with Crippen molar-refractivity contribution < 1.29 is 18.4 Å². The molecule has 0 fully saturated rings. The zero-order valence-electron chi connectivity index (χ0n) is 23.0. The normalized spacial score (nSPS) is 11.3. The molecular formula is C33H33FN2O4. The molecule has 4 rings (SSSR count). The molecule has 0 N–H and O–H groups in total. The first kappa shape index (κ1) is 28.5. The van der Waals surface area contributed by atoms with E-state index >= 15 is 0 Å². The lowest BCUT2D eigenvalue weighted by Crippen LogP contribution is -2.43. The predicted molar refractivity (Wildman–Crippen MR) is 154 cm³/mol. The van der Waals surface area contributed by atoms with E-state index in [-0.39, 0.29) is 48.8 Å². The first-order chi connectivity index (χ1) is 19.1. The molecule has 0 saturated carbocycles. The van der Waals surface area contributed by atoms with Crippen LogP contribution in [-0.2, 0) is 23.3 Å². The van der Waals surface area contributed by atoms with Crippen molar-refractivity contribution in [2.24, 2.45) is 0 Å². The summed E-state index contributed by atoms with van der Waals surface area (Å²) in [5, 5.41) is 0.413. The third kappa shape index (κ3) is 6.72. The molecule has 0 spiro atoms. The zero-order chi connectivity index (χ0) is 28.9. The molecule has 6 nitrogen and oxygen atoms in total. The van der Waals surface area contributed by atoms with E-state index in [0.717, 1.165) is 5.56 Å². The number of para-hydroxylation sites is 1. The topological polar surface area (TPSA) is 70.8 Å². The van der Waals surface area contributed by atoms with E-state index in [4.69, 9.17) is 4.42 Å². The van der Waals surface area contributed by atoms with Crippen molar-refractivity contribution in [3.05, 3.63) is 130 Å². The van der Waals surface area contributed by atoms with Crippen LogP contribution in [0.25, 0.3) is 11.0 Å². The Bertz CT molecular complexity index is 1570. The highest BCUT2D eigenvalue weighted by atomic mass is 19.1. The van der Waals surface area contributed by atoms with Gasteiger partial charge in [-0.25, -0.2) is 4.39 Å². The molecule has 1 heterocycles. The summed E-state index contributed by atoms with van der Waals surface area (Å²) in [7, 11) is 0. The largest absolute Gasteiger partial charge is 0.464 e. The summed E-state index contributed by atoms with van der Waals surface area (Å²) in [6.07, 6.45) is 2.93. The van der Waals surface area contributed by atoms with Crippen LogP contribution >= 0.6 is 0 Å². The third-order valence-corrected chi connectivity index (χ3v) is 6.71. The second-order valence-electron chi connectivity index (χ2n) is 10.8. The molecule has 7 heteroatoms. The van der Waals surface area contributed by atoms with Crippen molar-refractivity contribution in [3.63, 3.8) is 0 Å². The quantitative estimate of drug-likeness (QED) is 0.241. The molecular weight excluding hydrogens is 507 g/mol. The van der Waals surface area contributed by atoms with Crippen molar-refractivity contribution in [3.8, 4) is 0 Å². The van der Waals surface area contributed by atoms with Gasteiger partial charge in [0.1, 0.15) is 17.9 Å². The van der Waals surface area contributed by atoms with Gasteiger partial charge in [0, 0.05) is 18.7 Å². The minimum absolute atomic E-state index is 0.0419. The molecule has 0 atom stereocenters. The van der Waals surface area contributed by atoms with Crippen molar-refractivity contribution >= 4 is 22.8 Å². The number of nitrogens with zero attached hydrogens (tertiary/aromatic N) is 2. The second kappa shape index (κ2) is 12.1. The molecule has 0 bridgehead atoms. The maximum absolute atomic E-state index is 13.7. The van der Waals surface area contributed by atoms with E-state index in [2.05, 4.69) is 27.4 Å². The minimum Gasteiger partial charge on any atom is -0.464 e. The molecule has 4 aromatic rings. The summed E-state index contributed by atoms with van der Waals surface area (Å²) in [6, 6.07) is 20.1.